The molecule has 0 radical (unpaired) electrons. The molecule has 1 N–H and O–H groups in total. The monoisotopic (exact) mass is 320 g/mol. The number of nitrogens with zero attached hydrogens (tertiary/aromatic N) is 1. The summed E-state index contributed by atoms with van der Waals surface area (Å²) in [6, 6.07) is 10.0. The molecule has 0 aliphatic rings. The summed E-state index contributed by atoms with van der Waals surface area (Å²) in [6.45, 7) is 0.519. The molecular formula is C15H16N2O4S. The quantitative estimate of drug-likeness (QED) is 0.459. The molecule has 0 unspecified atom stereocenters. The lowest BCUT2D eigenvalue weighted by Crippen LogP contribution is -2.27. The fourth-order valence-electron chi connectivity index (χ4n) is 1.90. The van der Waals surface area contributed by atoms with Crippen LogP contribution in [0.25, 0.3) is 0 Å². The fourth-order valence-corrected chi connectivity index (χ4v) is 2.66. The zero-order valence-corrected chi connectivity index (χ0v) is 12.7. The Morgan fingerprint density at radius 2 is 2.09 bits per heavy atom. The van der Waals surface area contributed by atoms with Gasteiger partial charge in [0, 0.05) is 23.9 Å². The van der Waals surface area contributed by atoms with Gasteiger partial charge in [-0.2, -0.15) is 11.8 Å². The summed E-state index contributed by atoms with van der Waals surface area (Å²) in [7, 11) is 0. The molecule has 6 nitrogen and oxygen atoms in total. The van der Waals surface area contributed by atoms with Crippen LogP contribution < -0.4 is 5.32 Å². The number of carbonyl (C=O) groups is 1. The molecular weight excluding hydrogens is 304 g/mol. The van der Waals surface area contributed by atoms with E-state index in [0.29, 0.717) is 12.1 Å². The van der Waals surface area contributed by atoms with Crippen LogP contribution in [0, 0.1) is 10.1 Å². The number of furan rings is 1. The minimum atomic E-state index is -0.470. The van der Waals surface area contributed by atoms with Gasteiger partial charge in [-0.3, -0.25) is 14.9 Å². The normalized spacial score (nSPS) is 10.4. The van der Waals surface area contributed by atoms with E-state index in [0.717, 1.165) is 17.3 Å². The van der Waals surface area contributed by atoms with E-state index in [-0.39, 0.29) is 18.0 Å². The van der Waals surface area contributed by atoms with E-state index in [9.17, 15) is 14.9 Å². The Balaban J connectivity index is 1.71. The average molecular weight is 320 g/mol. The minimum absolute atomic E-state index is 0.0139. The molecule has 0 fully saturated rings. The van der Waals surface area contributed by atoms with Crippen LogP contribution in [0.5, 0.6) is 0 Å². The highest BCUT2D eigenvalue weighted by Gasteiger charge is 2.14. The molecule has 0 atom stereocenters. The van der Waals surface area contributed by atoms with E-state index in [1.165, 1.54) is 6.07 Å². The first-order valence-electron chi connectivity index (χ1n) is 6.76. The molecule has 0 saturated carbocycles. The highest BCUT2D eigenvalue weighted by atomic mass is 32.2. The predicted octanol–water partition coefficient (Wildman–Crippen LogP) is 2.78. The van der Waals surface area contributed by atoms with Crippen LogP contribution in [0.2, 0.25) is 0 Å². The number of nitro groups is 1. The Kier molecular flexibility index (Phi) is 6.02. The second-order valence-corrected chi connectivity index (χ2v) is 5.65. The number of para-hydroxylation sites is 1. The van der Waals surface area contributed by atoms with Crippen LogP contribution in [0.1, 0.15) is 11.3 Å². The number of hydrogen-bond acceptors (Lipinski definition) is 5. The van der Waals surface area contributed by atoms with Crippen molar-refractivity contribution in [1.29, 1.82) is 0 Å². The van der Waals surface area contributed by atoms with Crippen molar-refractivity contribution in [2.75, 3.05) is 12.3 Å². The third-order valence-corrected chi connectivity index (χ3v) is 3.91. The standard InChI is InChI=1S/C15H16N2O4S/c18-15(10-12-4-1-2-6-14(12)17(19)20)16-7-9-22-11-13-5-3-8-21-13/h1-6,8H,7,9-11H2,(H,16,18). The molecule has 1 aromatic carbocycles. The Bertz CT molecular complexity index is 628. The molecule has 0 aliphatic heterocycles. The molecule has 1 amide bonds. The molecule has 7 heteroatoms. The number of rotatable bonds is 8. The number of benzene rings is 1. The second-order valence-electron chi connectivity index (χ2n) is 4.54. The smallest absolute Gasteiger partial charge is 0.273 e. The van der Waals surface area contributed by atoms with Crippen molar-refractivity contribution < 1.29 is 14.1 Å². The molecule has 0 bridgehead atoms. The fraction of sp³-hybridized carbons (Fsp3) is 0.267. The summed E-state index contributed by atoms with van der Waals surface area (Å²) in [5.74, 6) is 2.19. The largest absolute Gasteiger partial charge is 0.468 e. The van der Waals surface area contributed by atoms with Crippen LogP contribution in [0.3, 0.4) is 0 Å². The molecule has 1 aromatic heterocycles. The first-order valence-corrected chi connectivity index (χ1v) is 7.91. The number of hydrogen-bond donors (Lipinski definition) is 1. The van der Waals surface area contributed by atoms with Gasteiger partial charge in [0.1, 0.15) is 5.76 Å². The lowest BCUT2D eigenvalue weighted by molar-refractivity contribution is -0.385. The van der Waals surface area contributed by atoms with Gasteiger partial charge in [0.15, 0.2) is 0 Å². The first kappa shape index (κ1) is 16.1. The lowest BCUT2D eigenvalue weighted by Gasteiger charge is -2.05. The number of nitrogens with one attached hydrogen (secondary N) is 1. The minimum Gasteiger partial charge on any atom is -0.468 e. The second kappa shape index (κ2) is 8.23. The summed E-state index contributed by atoms with van der Waals surface area (Å²) < 4.78 is 5.20. The molecule has 116 valence electrons. The van der Waals surface area contributed by atoms with Crippen LogP contribution in [0.15, 0.2) is 47.1 Å². The summed E-state index contributed by atoms with van der Waals surface area (Å²) in [6.07, 6.45) is 1.64. The third kappa shape index (κ3) is 4.92. The Labute approximate surface area is 132 Å². The van der Waals surface area contributed by atoms with Crippen LogP contribution >= 0.6 is 11.8 Å². The molecule has 2 rings (SSSR count). The van der Waals surface area contributed by atoms with Crippen molar-refractivity contribution in [3.05, 3.63) is 64.1 Å². The van der Waals surface area contributed by atoms with E-state index >= 15 is 0 Å². The van der Waals surface area contributed by atoms with Crippen molar-refractivity contribution in [3.63, 3.8) is 0 Å². The summed E-state index contributed by atoms with van der Waals surface area (Å²) in [5, 5.41) is 13.6. The van der Waals surface area contributed by atoms with E-state index in [1.807, 2.05) is 12.1 Å². The maximum Gasteiger partial charge on any atom is 0.273 e. The highest BCUT2D eigenvalue weighted by Crippen LogP contribution is 2.18. The topological polar surface area (TPSA) is 85.4 Å². The van der Waals surface area contributed by atoms with E-state index < -0.39 is 4.92 Å². The summed E-state index contributed by atoms with van der Waals surface area (Å²) in [4.78, 5) is 22.2. The summed E-state index contributed by atoms with van der Waals surface area (Å²) in [5.41, 5.74) is 0.401. The van der Waals surface area contributed by atoms with Crippen LogP contribution in [-0.4, -0.2) is 23.1 Å². The van der Waals surface area contributed by atoms with E-state index in [4.69, 9.17) is 4.42 Å². The highest BCUT2D eigenvalue weighted by molar-refractivity contribution is 7.98. The Morgan fingerprint density at radius 3 is 2.82 bits per heavy atom. The SMILES string of the molecule is O=C(Cc1ccccc1[N+](=O)[O-])NCCSCc1ccco1. The zero-order chi connectivity index (χ0) is 15.8. The first-order chi connectivity index (χ1) is 10.7. The van der Waals surface area contributed by atoms with Gasteiger partial charge in [0.25, 0.3) is 5.69 Å². The van der Waals surface area contributed by atoms with Crippen molar-refractivity contribution >= 4 is 23.4 Å². The molecule has 0 spiro atoms. The Hall–Kier alpha value is -2.28. The maximum atomic E-state index is 11.8. The lowest BCUT2D eigenvalue weighted by atomic mass is 10.1. The van der Waals surface area contributed by atoms with Gasteiger partial charge in [-0.25, -0.2) is 0 Å². The molecule has 2 aromatic rings. The maximum absolute atomic E-state index is 11.8. The van der Waals surface area contributed by atoms with Crippen LogP contribution in [0.4, 0.5) is 5.69 Å². The number of carbonyl (C=O) groups excluding carboxylic acids is 1. The number of nitro benzene ring substituents is 1. The zero-order valence-electron chi connectivity index (χ0n) is 11.9. The molecule has 0 saturated heterocycles. The van der Waals surface area contributed by atoms with Crippen molar-refractivity contribution in [2.45, 2.75) is 12.2 Å². The number of thioether (sulfide) groups is 1. The van der Waals surface area contributed by atoms with Crippen LogP contribution in [-0.2, 0) is 17.0 Å². The van der Waals surface area contributed by atoms with Gasteiger partial charge in [0.2, 0.25) is 5.91 Å². The van der Waals surface area contributed by atoms with Gasteiger partial charge < -0.3 is 9.73 Å². The van der Waals surface area contributed by atoms with Crippen molar-refractivity contribution in [1.82, 2.24) is 5.32 Å². The van der Waals surface area contributed by atoms with Gasteiger partial charge >= 0.3 is 0 Å². The van der Waals surface area contributed by atoms with Crippen molar-refractivity contribution in [3.8, 4) is 0 Å². The molecule has 0 aliphatic carbocycles. The van der Waals surface area contributed by atoms with Crippen molar-refractivity contribution in [2.24, 2.45) is 0 Å². The van der Waals surface area contributed by atoms with Gasteiger partial charge in [-0.05, 0) is 12.1 Å². The summed E-state index contributed by atoms with van der Waals surface area (Å²) >= 11 is 1.65. The van der Waals surface area contributed by atoms with Gasteiger partial charge in [0.05, 0.1) is 23.4 Å². The number of amides is 1. The molecule has 22 heavy (non-hydrogen) atoms. The Morgan fingerprint density at radius 1 is 1.27 bits per heavy atom. The molecule has 1 heterocycles. The predicted molar refractivity (Wildman–Crippen MR) is 84.7 cm³/mol. The van der Waals surface area contributed by atoms with Gasteiger partial charge in [-0.1, -0.05) is 18.2 Å². The third-order valence-electron chi connectivity index (χ3n) is 2.93. The van der Waals surface area contributed by atoms with E-state index in [2.05, 4.69) is 5.32 Å². The van der Waals surface area contributed by atoms with E-state index in [1.54, 1.807) is 36.2 Å². The van der Waals surface area contributed by atoms with Gasteiger partial charge in [-0.15, -0.1) is 0 Å². The average Bonchev–Trinajstić information content (AvgIpc) is 3.00.